The Balaban J connectivity index is 1.22. The van der Waals surface area contributed by atoms with Crippen LogP contribution in [0.3, 0.4) is 0 Å². The molecule has 1 unspecified atom stereocenters. The summed E-state index contributed by atoms with van der Waals surface area (Å²) in [5, 5.41) is 16.4. The number of carbonyl (C=O) groups excluding carboxylic acids is 1. The van der Waals surface area contributed by atoms with Gasteiger partial charge in [-0.2, -0.15) is 13.2 Å². The summed E-state index contributed by atoms with van der Waals surface area (Å²) in [6.07, 6.45) is 0.637. The molecular formula is C24H33F3N6O2. The lowest BCUT2D eigenvalue weighted by atomic mass is 9.81. The molecule has 2 aliphatic rings. The Hall–Kier alpha value is -2.50. The molecule has 1 aromatic heterocycles. The van der Waals surface area contributed by atoms with Crippen molar-refractivity contribution >= 4 is 22.6 Å². The molecule has 8 nitrogen and oxygen atoms in total. The number of amides is 1. The molecule has 1 aromatic carbocycles. The van der Waals surface area contributed by atoms with Gasteiger partial charge in [-0.3, -0.25) is 9.69 Å². The van der Waals surface area contributed by atoms with E-state index < -0.39 is 11.7 Å². The number of aliphatic hydroxyl groups excluding tert-OH is 1. The fourth-order valence-electron chi connectivity index (χ4n) is 5.09. The minimum atomic E-state index is -4.47. The number of nitrogens with one attached hydrogen (secondary N) is 2. The monoisotopic (exact) mass is 494 g/mol. The number of carbonyl (C=O) groups is 1. The summed E-state index contributed by atoms with van der Waals surface area (Å²) in [5.74, 6) is 0.310. The van der Waals surface area contributed by atoms with Gasteiger partial charge in [-0.25, -0.2) is 9.97 Å². The third-order valence-electron chi connectivity index (χ3n) is 7.01. The van der Waals surface area contributed by atoms with Gasteiger partial charge in [0.25, 0.3) is 0 Å². The lowest BCUT2D eigenvalue weighted by Crippen LogP contribution is -2.63. The standard InChI is InChI=1S/C24H33F3N6O2/c1-32(2)13-21(34)15-3-6-18(7-4-15)33-11-17(12-33)31-22(35)10-28-23-19-9-16(24(25,26)27)5-8-20(19)29-14-30-23/h5,8-9,14-15,17-18,21,34H,3-4,6-7,10-13H2,1-2H3,(H,31,35)(H,28,29,30). The molecule has 1 saturated carbocycles. The van der Waals surface area contributed by atoms with Gasteiger partial charge in [-0.1, -0.05) is 0 Å². The number of anilines is 1. The summed E-state index contributed by atoms with van der Waals surface area (Å²) in [7, 11) is 3.94. The number of benzene rings is 1. The van der Waals surface area contributed by atoms with Gasteiger partial charge in [0.15, 0.2) is 0 Å². The fourth-order valence-corrected chi connectivity index (χ4v) is 5.09. The van der Waals surface area contributed by atoms with Crippen LogP contribution in [0.5, 0.6) is 0 Å². The van der Waals surface area contributed by atoms with Gasteiger partial charge in [0.2, 0.25) is 5.91 Å². The molecule has 0 spiro atoms. The van der Waals surface area contributed by atoms with Crippen LogP contribution in [0.2, 0.25) is 0 Å². The zero-order valence-electron chi connectivity index (χ0n) is 20.1. The topological polar surface area (TPSA) is 93.6 Å². The molecule has 35 heavy (non-hydrogen) atoms. The largest absolute Gasteiger partial charge is 0.416 e. The number of aliphatic hydroxyl groups is 1. The van der Waals surface area contributed by atoms with Gasteiger partial charge in [0.1, 0.15) is 12.1 Å². The summed E-state index contributed by atoms with van der Waals surface area (Å²) in [6.45, 7) is 2.17. The number of rotatable bonds is 8. The smallest absolute Gasteiger partial charge is 0.392 e. The van der Waals surface area contributed by atoms with Crippen LogP contribution < -0.4 is 10.6 Å². The fraction of sp³-hybridized carbons (Fsp3) is 0.625. The van der Waals surface area contributed by atoms with E-state index in [0.29, 0.717) is 24.0 Å². The van der Waals surface area contributed by atoms with E-state index in [2.05, 4.69) is 25.5 Å². The lowest BCUT2D eigenvalue weighted by Gasteiger charge is -2.47. The maximum atomic E-state index is 13.1. The second-order valence-corrected chi connectivity index (χ2v) is 9.92. The molecule has 11 heteroatoms. The molecule has 1 aliphatic carbocycles. The van der Waals surface area contributed by atoms with E-state index in [4.69, 9.17) is 0 Å². The maximum absolute atomic E-state index is 13.1. The third kappa shape index (κ3) is 6.39. The first-order valence-electron chi connectivity index (χ1n) is 12.0. The third-order valence-corrected chi connectivity index (χ3v) is 7.01. The Labute approximate surface area is 202 Å². The molecular weight excluding hydrogens is 461 g/mol. The van der Waals surface area contributed by atoms with Gasteiger partial charge < -0.3 is 20.6 Å². The lowest BCUT2D eigenvalue weighted by molar-refractivity contribution is -0.137. The Morgan fingerprint density at radius 1 is 1.20 bits per heavy atom. The predicted octanol–water partition coefficient (Wildman–Crippen LogP) is 2.34. The number of aromatic nitrogens is 2. The van der Waals surface area contributed by atoms with Crippen molar-refractivity contribution in [2.75, 3.05) is 45.6 Å². The van der Waals surface area contributed by atoms with Crippen LogP contribution in [0, 0.1) is 5.92 Å². The molecule has 1 atom stereocenters. The summed E-state index contributed by atoms with van der Waals surface area (Å²) < 4.78 is 39.2. The number of alkyl halides is 3. The molecule has 0 bridgehead atoms. The molecule has 2 fully saturated rings. The minimum Gasteiger partial charge on any atom is -0.392 e. The molecule has 2 aromatic rings. The van der Waals surface area contributed by atoms with Gasteiger partial charge in [0, 0.05) is 31.1 Å². The van der Waals surface area contributed by atoms with Crippen molar-refractivity contribution in [3.05, 3.63) is 30.1 Å². The maximum Gasteiger partial charge on any atom is 0.416 e. The second-order valence-electron chi connectivity index (χ2n) is 9.92. The van der Waals surface area contributed by atoms with Gasteiger partial charge in [-0.05, 0) is 63.9 Å². The Kier molecular flexibility index (Phi) is 7.77. The number of halogens is 3. The average molecular weight is 495 g/mol. The molecule has 1 saturated heterocycles. The number of likely N-dealkylation sites (tertiary alicyclic amines) is 1. The molecule has 192 valence electrons. The summed E-state index contributed by atoms with van der Waals surface area (Å²) in [5.41, 5.74) is -0.419. The number of hydrogen-bond donors (Lipinski definition) is 3. The summed E-state index contributed by atoms with van der Waals surface area (Å²) in [6, 6.07) is 3.81. The van der Waals surface area contributed by atoms with E-state index in [1.165, 1.54) is 12.4 Å². The quantitative estimate of drug-likeness (QED) is 0.519. The van der Waals surface area contributed by atoms with Crippen molar-refractivity contribution in [3.63, 3.8) is 0 Å². The van der Waals surface area contributed by atoms with E-state index in [0.717, 1.165) is 50.9 Å². The van der Waals surface area contributed by atoms with Crippen molar-refractivity contribution in [3.8, 4) is 0 Å². The van der Waals surface area contributed by atoms with Crippen molar-refractivity contribution < 1.29 is 23.1 Å². The highest BCUT2D eigenvalue weighted by atomic mass is 19.4. The number of fused-ring (bicyclic) bond motifs is 1. The zero-order chi connectivity index (χ0) is 25.2. The number of nitrogens with zero attached hydrogens (tertiary/aromatic N) is 4. The first-order valence-corrected chi connectivity index (χ1v) is 12.0. The highest BCUT2D eigenvalue weighted by Crippen LogP contribution is 2.33. The highest BCUT2D eigenvalue weighted by molar-refractivity contribution is 5.91. The summed E-state index contributed by atoms with van der Waals surface area (Å²) in [4.78, 5) is 24.8. The van der Waals surface area contributed by atoms with Crippen molar-refractivity contribution in [2.45, 2.75) is 50.0 Å². The van der Waals surface area contributed by atoms with Crippen LogP contribution in [0.25, 0.3) is 10.9 Å². The van der Waals surface area contributed by atoms with Crippen LogP contribution in [-0.4, -0.2) is 89.2 Å². The van der Waals surface area contributed by atoms with E-state index in [1.807, 2.05) is 19.0 Å². The van der Waals surface area contributed by atoms with E-state index in [9.17, 15) is 23.1 Å². The molecule has 0 radical (unpaired) electrons. The van der Waals surface area contributed by atoms with Gasteiger partial charge in [-0.15, -0.1) is 0 Å². The average Bonchev–Trinajstić information content (AvgIpc) is 2.78. The van der Waals surface area contributed by atoms with Crippen LogP contribution in [0.1, 0.15) is 31.2 Å². The van der Waals surface area contributed by atoms with Crippen LogP contribution >= 0.6 is 0 Å². The molecule has 1 amide bonds. The molecule has 1 aliphatic heterocycles. The van der Waals surface area contributed by atoms with Crippen molar-refractivity contribution in [1.29, 1.82) is 0 Å². The zero-order valence-corrected chi connectivity index (χ0v) is 20.1. The SMILES string of the molecule is CN(C)CC(O)C1CCC(N2CC(NC(=O)CNc3ncnc4ccc(C(F)(F)F)cc34)C2)CC1. The van der Waals surface area contributed by atoms with Gasteiger partial charge >= 0.3 is 6.18 Å². The van der Waals surface area contributed by atoms with Crippen molar-refractivity contribution in [1.82, 2.24) is 25.1 Å². The van der Waals surface area contributed by atoms with Crippen molar-refractivity contribution in [2.24, 2.45) is 5.92 Å². The van der Waals surface area contributed by atoms with Crippen LogP contribution in [0.15, 0.2) is 24.5 Å². The summed E-state index contributed by atoms with van der Waals surface area (Å²) >= 11 is 0. The van der Waals surface area contributed by atoms with E-state index >= 15 is 0 Å². The second kappa shape index (κ2) is 10.6. The molecule has 2 heterocycles. The normalized spacial score (nSPS) is 22.7. The number of hydrogen-bond acceptors (Lipinski definition) is 7. The molecule has 3 N–H and O–H groups in total. The Bertz CT molecular complexity index is 1020. The van der Waals surface area contributed by atoms with E-state index in [-0.39, 0.29) is 35.8 Å². The Morgan fingerprint density at radius 2 is 1.91 bits per heavy atom. The predicted molar refractivity (Wildman–Crippen MR) is 127 cm³/mol. The van der Waals surface area contributed by atoms with Crippen LogP contribution in [-0.2, 0) is 11.0 Å². The first kappa shape index (κ1) is 25.6. The van der Waals surface area contributed by atoms with Crippen LogP contribution in [0.4, 0.5) is 19.0 Å². The first-order chi connectivity index (χ1) is 16.6. The van der Waals surface area contributed by atoms with E-state index in [1.54, 1.807) is 0 Å². The minimum absolute atomic E-state index is 0.0559. The Morgan fingerprint density at radius 3 is 2.57 bits per heavy atom. The number of likely N-dealkylation sites (N-methyl/N-ethyl adjacent to an activating group) is 1. The highest BCUT2D eigenvalue weighted by Gasteiger charge is 2.36. The molecule has 4 rings (SSSR count). The van der Waals surface area contributed by atoms with Gasteiger partial charge in [0.05, 0.1) is 29.8 Å².